The number of hydrogen-bond donors (Lipinski definition) is 2. The molecule has 0 saturated carbocycles. The number of nitrogens with two attached hydrogens (primary N) is 2. The lowest BCUT2D eigenvalue weighted by Crippen LogP contribution is -1.98. The van der Waals surface area contributed by atoms with Crippen LogP contribution in [0.15, 0.2) is 12.3 Å². The molecule has 1 rings (SSSR count). The lowest BCUT2D eigenvalue weighted by molar-refractivity contribution is 1.30. The van der Waals surface area contributed by atoms with Crippen molar-refractivity contribution in [2.45, 2.75) is 6.92 Å². The molecule has 1 aromatic rings. The molecule has 64 valence electrons. The van der Waals surface area contributed by atoms with Crippen molar-refractivity contribution in [2.24, 2.45) is 0 Å². The first-order valence-corrected chi connectivity index (χ1v) is 2.68. The summed E-state index contributed by atoms with van der Waals surface area (Å²) in [5.74, 6) is 0.412. The fraction of sp³-hybridized carbons (Fsp3) is 0.167. The molecule has 1 aromatic heterocycles. The summed E-state index contributed by atoms with van der Waals surface area (Å²) in [7, 11) is 0. The highest BCUT2D eigenvalue weighted by atomic mass is 35.5. The van der Waals surface area contributed by atoms with Crippen LogP contribution in [-0.2, 0) is 0 Å². The Kier molecular flexibility index (Phi) is 5.94. The molecule has 0 aromatic carbocycles. The number of aryl methyl sites for hydroxylation is 1. The normalized spacial score (nSPS) is 7.73. The van der Waals surface area contributed by atoms with Gasteiger partial charge in [0, 0.05) is 6.20 Å². The molecule has 11 heavy (non-hydrogen) atoms. The second-order valence-electron chi connectivity index (χ2n) is 1.93. The summed E-state index contributed by atoms with van der Waals surface area (Å²) < 4.78 is 0. The first kappa shape index (κ1) is 13.0. The number of nitrogen functional groups attached to an aromatic ring is 2. The molecule has 0 saturated heterocycles. The Morgan fingerprint density at radius 2 is 1.82 bits per heavy atom. The zero-order valence-corrected chi connectivity index (χ0v) is 7.71. The summed E-state index contributed by atoms with van der Waals surface area (Å²) in [5.41, 5.74) is 12.4. The Labute approximate surface area is 78.0 Å². The fourth-order valence-electron chi connectivity index (χ4n) is 0.591. The highest BCUT2D eigenvalue weighted by Crippen LogP contribution is 2.13. The van der Waals surface area contributed by atoms with E-state index in [1.807, 2.05) is 13.0 Å². The number of hydrogen-bond acceptors (Lipinski definition) is 3. The molecule has 0 aliphatic rings. The van der Waals surface area contributed by atoms with Gasteiger partial charge in [0.2, 0.25) is 0 Å². The van der Waals surface area contributed by atoms with E-state index in [0.717, 1.165) is 5.56 Å². The first-order valence-electron chi connectivity index (χ1n) is 2.68. The average Bonchev–Trinajstić information content (AvgIpc) is 1.83. The van der Waals surface area contributed by atoms with E-state index < -0.39 is 0 Å². The van der Waals surface area contributed by atoms with Crippen LogP contribution in [0.25, 0.3) is 0 Å². The Bertz CT molecular complexity index is 207. The van der Waals surface area contributed by atoms with Crippen molar-refractivity contribution in [1.29, 1.82) is 0 Å². The van der Waals surface area contributed by atoms with Crippen LogP contribution < -0.4 is 11.5 Å². The molecule has 0 radical (unpaired) electrons. The molecule has 1 heterocycles. The molecule has 0 aliphatic carbocycles. The van der Waals surface area contributed by atoms with Gasteiger partial charge in [-0.05, 0) is 18.6 Å². The second-order valence-corrected chi connectivity index (χ2v) is 1.93. The van der Waals surface area contributed by atoms with E-state index in [2.05, 4.69) is 4.98 Å². The first-order chi connectivity index (χ1) is 4.22. The van der Waals surface area contributed by atoms with Crippen LogP contribution in [-0.4, -0.2) is 4.98 Å². The van der Waals surface area contributed by atoms with Gasteiger partial charge in [0.1, 0.15) is 5.82 Å². The smallest absolute Gasteiger partial charge is 0.146 e. The zero-order chi connectivity index (χ0) is 6.85. The standard InChI is InChI=1S/C6H9N3.2ClH/c1-4-2-3-9-6(8)5(4)7;;/h2-3H,7H2,1H3,(H2,8,9);2*1H. The Balaban J connectivity index is 0. The topological polar surface area (TPSA) is 64.9 Å². The summed E-state index contributed by atoms with van der Waals surface area (Å²) in [6.07, 6.45) is 1.64. The molecule has 0 aliphatic heterocycles. The molecule has 0 bridgehead atoms. The van der Waals surface area contributed by atoms with Gasteiger partial charge < -0.3 is 11.5 Å². The number of aromatic nitrogens is 1. The Hall–Kier alpha value is -0.670. The van der Waals surface area contributed by atoms with Crippen LogP contribution in [0.5, 0.6) is 0 Å². The third kappa shape index (κ3) is 2.82. The molecule has 0 amide bonds. The molecule has 0 atom stereocenters. The van der Waals surface area contributed by atoms with E-state index in [1.54, 1.807) is 6.20 Å². The number of pyridine rings is 1. The van der Waals surface area contributed by atoms with Crippen LogP contribution in [0.3, 0.4) is 0 Å². The monoisotopic (exact) mass is 195 g/mol. The maximum absolute atomic E-state index is 5.49. The lowest BCUT2D eigenvalue weighted by atomic mass is 10.2. The summed E-state index contributed by atoms with van der Waals surface area (Å²) in [6, 6.07) is 1.83. The predicted octanol–water partition coefficient (Wildman–Crippen LogP) is 1.40. The van der Waals surface area contributed by atoms with Gasteiger partial charge in [-0.3, -0.25) is 0 Å². The number of rotatable bonds is 0. The minimum absolute atomic E-state index is 0. The van der Waals surface area contributed by atoms with Gasteiger partial charge in [-0.15, -0.1) is 24.8 Å². The van der Waals surface area contributed by atoms with Crippen molar-refractivity contribution in [3.05, 3.63) is 17.8 Å². The van der Waals surface area contributed by atoms with E-state index in [1.165, 1.54) is 0 Å². The molecule has 5 heteroatoms. The van der Waals surface area contributed by atoms with Crippen LogP contribution in [0.4, 0.5) is 11.5 Å². The van der Waals surface area contributed by atoms with Crippen LogP contribution >= 0.6 is 24.8 Å². The Morgan fingerprint density at radius 3 is 2.18 bits per heavy atom. The quantitative estimate of drug-likeness (QED) is 0.659. The fourth-order valence-corrected chi connectivity index (χ4v) is 0.591. The van der Waals surface area contributed by atoms with Crippen molar-refractivity contribution < 1.29 is 0 Å². The van der Waals surface area contributed by atoms with Crippen molar-refractivity contribution in [3.8, 4) is 0 Å². The van der Waals surface area contributed by atoms with Crippen molar-refractivity contribution in [1.82, 2.24) is 4.98 Å². The zero-order valence-electron chi connectivity index (χ0n) is 6.07. The van der Waals surface area contributed by atoms with Gasteiger partial charge in [0.05, 0.1) is 5.69 Å². The number of halogens is 2. The largest absolute Gasteiger partial charge is 0.396 e. The van der Waals surface area contributed by atoms with Crippen molar-refractivity contribution in [3.63, 3.8) is 0 Å². The van der Waals surface area contributed by atoms with Crippen LogP contribution in [0, 0.1) is 6.92 Å². The summed E-state index contributed by atoms with van der Waals surface area (Å²) in [6.45, 7) is 1.90. The Morgan fingerprint density at radius 1 is 1.27 bits per heavy atom. The van der Waals surface area contributed by atoms with Gasteiger partial charge in [0.25, 0.3) is 0 Å². The van der Waals surface area contributed by atoms with Gasteiger partial charge in [-0.1, -0.05) is 0 Å². The SMILES string of the molecule is Cc1ccnc(N)c1N.Cl.Cl. The molecule has 3 nitrogen and oxygen atoms in total. The number of anilines is 2. The third-order valence-corrected chi connectivity index (χ3v) is 1.24. The molecular formula is C6H11Cl2N3. The second kappa shape index (κ2) is 5.04. The predicted molar refractivity (Wildman–Crippen MR) is 52.3 cm³/mol. The third-order valence-electron chi connectivity index (χ3n) is 1.24. The summed E-state index contributed by atoms with van der Waals surface area (Å²) in [5, 5.41) is 0. The van der Waals surface area contributed by atoms with E-state index in [4.69, 9.17) is 11.5 Å². The summed E-state index contributed by atoms with van der Waals surface area (Å²) >= 11 is 0. The molecule has 4 N–H and O–H groups in total. The summed E-state index contributed by atoms with van der Waals surface area (Å²) in [4.78, 5) is 3.79. The maximum atomic E-state index is 5.49. The van der Waals surface area contributed by atoms with Gasteiger partial charge in [-0.2, -0.15) is 0 Å². The van der Waals surface area contributed by atoms with Crippen molar-refractivity contribution >= 4 is 36.3 Å². The maximum Gasteiger partial charge on any atom is 0.146 e. The number of nitrogens with zero attached hydrogens (tertiary/aromatic N) is 1. The van der Waals surface area contributed by atoms with Crippen molar-refractivity contribution in [2.75, 3.05) is 11.5 Å². The van der Waals surface area contributed by atoms with Gasteiger partial charge >= 0.3 is 0 Å². The molecule has 0 unspecified atom stereocenters. The van der Waals surface area contributed by atoms with Crippen LogP contribution in [0.1, 0.15) is 5.56 Å². The lowest BCUT2D eigenvalue weighted by Gasteiger charge is -1.99. The molecule has 0 fully saturated rings. The van der Waals surface area contributed by atoms with Crippen LogP contribution in [0.2, 0.25) is 0 Å². The molecular weight excluding hydrogens is 185 g/mol. The van der Waals surface area contributed by atoms with E-state index in [0.29, 0.717) is 11.5 Å². The highest BCUT2D eigenvalue weighted by molar-refractivity contribution is 5.85. The van der Waals surface area contributed by atoms with Gasteiger partial charge in [0.15, 0.2) is 0 Å². The minimum atomic E-state index is 0. The average molecular weight is 196 g/mol. The minimum Gasteiger partial charge on any atom is -0.396 e. The molecule has 0 spiro atoms. The highest BCUT2D eigenvalue weighted by Gasteiger charge is 1.95. The van der Waals surface area contributed by atoms with Gasteiger partial charge in [-0.25, -0.2) is 4.98 Å². The van der Waals surface area contributed by atoms with E-state index in [9.17, 15) is 0 Å². The van der Waals surface area contributed by atoms with E-state index >= 15 is 0 Å². The van der Waals surface area contributed by atoms with E-state index in [-0.39, 0.29) is 24.8 Å².